The second-order valence-corrected chi connectivity index (χ2v) is 5.98. The number of nitrogens with one attached hydrogen (secondary N) is 1. The van der Waals surface area contributed by atoms with E-state index in [2.05, 4.69) is 20.6 Å². The molecule has 8 heteroatoms. The van der Waals surface area contributed by atoms with E-state index in [-0.39, 0.29) is 17.4 Å². The Hall–Kier alpha value is -3.00. The number of allylic oxidation sites excluding steroid dienone is 1. The first kappa shape index (κ1) is 14.9. The number of nitrogens with two attached hydrogens (primary N) is 1. The molecule has 0 bridgehead atoms. The number of carbonyl (C=O) groups is 1. The molecule has 3 rings (SSSR count). The van der Waals surface area contributed by atoms with Gasteiger partial charge in [0.05, 0.1) is 4.88 Å². The number of anilines is 1. The lowest BCUT2D eigenvalue weighted by molar-refractivity contribution is 0.104. The fourth-order valence-corrected chi connectivity index (χ4v) is 2.93. The van der Waals surface area contributed by atoms with E-state index in [1.807, 2.05) is 30.3 Å². The van der Waals surface area contributed by atoms with E-state index in [9.17, 15) is 9.90 Å². The van der Waals surface area contributed by atoms with Gasteiger partial charge in [-0.3, -0.25) is 4.79 Å². The van der Waals surface area contributed by atoms with Crippen molar-refractivity contribution >= 4 is 28.6 Å². The van der Waals surface area contributed by atoms with Crippen LogP contribution >= 0.6 is 11.3 Å². The van der Waals surface area contributed by atoms with Gasteiger partial charge in [-0.15, -0.1) is 21.5 Å². The van der Waals surface area contributed by atoms with E-state index in [1.54, 1.807) is 6.07 Å². The maximum atomic E-state index is 12.1. The number of aliphatic hydroxyl groups is 1. The van der Waals surface area contributed by atoms with E-state index < -0.39 is 0 Å². The lowest BCUT2D eigenvalue weighted by atomic mass is 10.1. The lowest BCUT2D eigenvalue weighted by Crippen LogP contribution is -1.95. The van der Waals surface area contributed by atoms with Gasteiger partial charge in [-0.05, 0) is 35.0 Å². The van der Waals surface area contributed by atoms with Crippen molar-refractivity contribution in [2.24, 2.45) is 0 Å². The highest BCUT2D eigenvalue weighted by atomic mass is 32.1. The van der Waals surface area contributed by atoms with Crippen LogP contribution in [0.5, 0.6) is 0 Å². The monoisotopic (exact) mass is 327 g/mol. The Labute approximate surface area is 135 Å². The van der Waals surface area contributed by atoms with Crippen LogP contribution in [0.15, 0.2) is 42.5 Å². The number of H-pyrrole nitrogens is 1. The highest BCUT2D eigenvalue weighted by molar-refractivity contribution is 7.14. The van der Waals surface area contributed by atoms with Crippen molar-refractivity contribution in [3.05, 3.63) is 63.6 Å². The molecule has 0 spiro atoms. The van der Waals surface area contributed by atoms with Gasteiger partial charge in [0.15, 0.2) is 11.5 Å². The molecule has 0 saturated carbocycles. The van der Waals surface area contributed by atoms with Crippen LogP contribution in [0.3, 0.4) is 0 Å². The Balaban J connectivity index is 1.72. The summed E-state index contributed by atoms with van der Waals surface area (Å²) in [5, 5.41) is 22.5. The third kappa shape index (κ3) is 3.61. The van der Waals surface area contributed by atoms with Crippen molar-refractivity contribution in [3.63, 3.8) is 0 Å². The molecular formula is C15H13N5O2S. The summed E-state index contributed by atoms with van der Waals surface area (Å²) in [5.74, 6) is -0.643. The highest BCUT2D eigenvalue weighted by Crippen LogP contribution is 2.22. The Kier molecular flexibility index (Phi) is 4.15. The van der Waals surface area contributed by atoms with Gasteiger partial charge in [-0.1, -0.05) is 12.1 Å². The first-order valence-electron chi connectivity index (χ1n) is 6.74. The zero-order valence-corrected chi connectivity index (χ0v) is 12.7. The zero-order valence-electron chi connectivity index (χ0n) is 11.9. The van der Waals surface area contributed by atoms with Crippen LogP contribution in [-0.4, -0.2) is 31.5 Å². The zero-order chi connectivity index (χ0) is 16.2. The summed E-state index contributed by atoms with van der Waals surface area (Å²) in [5.41, 5.74) is 7.50. The number of aliphatic hydroxyl groups excluding tert-OH is 1. The highest BCUT2D eigenvalue weighted by Gasteiger charge is 2.11. The van der Waals surface area contributed by atoms with E-state index in [4.69, 9.17) is 5.73 Å². The largest absolute Gasteiger partial charge is 0.504 e. The lowest BCUT2D eigenvalue weighted by Gasteiger charge is -1.99. The van der Waals surface area contributed by atoms with Crippen LogP contribution in [0.1, 0.15) is 25.9 Å². The minimum absolute atomic E-state index is 0.0167. The van der Waals surface area contributed by atoms with Crippen molar-refractivity contribution in [3.8, 4) is 0 Å². The third-order valence-electron chi connectivity index (χ3n) is 3.10. The van der Waals surface area contributed by atoms with Crippen LogP contribution in [0.2, 0.25) is 0 Å². The molecule has 3 aromatic rings. The molecule has 0 aliphatic rings. The molecule has 0 atom stereocenters. The van der Waals surface area contributed by atoms with Crippen LogP contribution < -0.4 is 5.73 Å². The van der Waals surface area contributed by atoms with Gasteiger partial charge in [-0.2, -0.15) is 5.21 Å². The second kappa shape index (κ2) is 6.41. The average Bonchev–Trinajstić information content (AvgIpc) is 3.21. The van der Waals surface area contributed by atoms with Crippen molar-refractivity contribution in [1.82, 2.24) is 20.6 Å². The molecule has 2 heterocycles. The number of carbonyl (C=O) groups excluding carboxylic acids is 1. The number of hydrogen-bond donors (Lipinski definition) is 3. The van der Waals surface area contributed by atoms with Crippen LogP contribution in [0.4, 0.5) is 5.69 Å². The van der Waals surface area contributed by atoms with E-state index in [0.29, 0.717) is 4.88 Å². The molecule has 4 N–H and O–H groups in total. The van der Waals surface area contributed by atoms with Crippen molar-refractivity contribution in [2.45, 2.75) is 6.42 Å². The second-order valence-electron chi connectivity index (χ2n) is 4.81. The Morgan fingerprint density at radius 1 is 1.26 bits per heavy atom. The molecule has 7 nitrogen and oxygen atoms in total. The Morgan fingerprint density at radius 3 is 2.74 bits per heavy atom. The molecule has 2 aromatic heterocycles. The Morgan fingerprint density at radius 2 is 2.04 bits per heavy atom. The Bertz CT molecular complexity index is 837. The first-order chi connectivity index (χ1) is 11.1. The fraction of sp³-hybridized carbons (Fsp3) is 0.0667. The van der Waals surface area contributed by atoms with E-state index in [1.165, 1.54) is 11.3 Å². The van der Waals surface area contributed by atoms with Gasteiger partial charge in [0.25, 0.3) is 0 Å². The predicted octanol–water partition coefficient (Wildman–Crippen LogP) is 2.22. The summed E-state index contributed by atoms with van der Waals surface area (Å²) in [4.78, 5) is 13.7. The standard InChI is InChI=1S/C15H13N5O2S/c16-10-3-1-9(2-4-10)7-11-5-6-14(23-11)12(21)8-13(22)15-17-19-20-18-15/h1-6,8,22H,7,16H2,(H,17,18,19,20). The maximum absolute atomic E-state index is 12.1. The smallest absolute Gasteiger partial charge is 0.239 e. The summed E-state index contributed by atoms with van der Waals surface area (Å²) in [6, 6.07) is 11.2. The maximum Gasteiger partial charge on any atom is 0.239 e. The summed E-state index contributed by atoms with van der Waals surface area (Å²) < 4.78 is 0. The summed E-state index contributed by atoms with van der Waals surface area (Å²) >= 11 is 1.38. The van der Waals surface area contributed by atoms with Crippen molar-refractivity contribution in [2.75, 3.05) is 5.73 Å². The quantitative estimate of drug-likeness (QED) is 0.286. The van der Waals surface area contributed by atoms with Gasteiger partial charge < -0.3 is 10.8 Å². The van der Waals surface area contributed by atoms with Crippen molar-refractivity contribution < 1.29 is 9.90 Å². The van der Waals surface area contributed by atoms with Gasteiger partial charge in [-0.25, -0.2) is 0 Å². The molecular weight excluding hydrogens is 314 g/mol. The molecule has 0 amide bonds. The van der Waals surface area contributed by atoms with Crippen LogP contribution in [0, 0.1) is 0 Å². The third-order valence-corrected chi connectivity index (χ3v) is 4.20. The molecule has 1 aromatic carbocycles. The molecule has 0 radical (unpaired) electrons. The average molecular weight is 327 g/mol. The van der Waals surface area contributed by atoms with Gasteiger partial charge in [0.1, 0.15) is 0 Å². The number of nitrogen functional groups attached to an aromatic ring is 1. The molecule has 23 heavy (non-hydrogen) atoms. The molecule has 0 unspecified atom stereocenters. The molecule has 0 aliphatic heterocycles. The number of nitrogens with zero attached hydrogens (tertiary/aromatic N) is 3. The summed E-state index contributed by atoms with van der Waals surface area (Å²) in [6.45, 7) is 0. The topological polar surface area (TPSA) is 118 Å². The van der Waals surface area contributed by atoms with Crippen LogP contribution in [-0.2, 0) is 6.42 Å². The molecule has 0 aliphatic carbocycles. The number of aromatic amines is 1. The van der Waals surface area contributed by atoms with Gasteiger partial charge >= 0.3 is 0 Å². The number of ketones is 1. The number of rotatable bonds is 5. The number of thiophene rings is 1. The number of benzene rings is 1. The van der Waals surface area contributed by atoms with E-state index in [0.717, 1.165) is 28.6 Å². The predicted molar refractivity (Wildman–Crippen MR) is 87.1 cm³/mol. The normalized spacial score (nSPS) is 11.6. The fourth-order valence-electron chi connectivity index (χ4n) is 1.97. The SMILES string of the molecule is Nc1ccc(Cc2ccc(C(=O)C=C(O)c3nn[nH]n3)s2)cc1. The number of aromatic nitrogens is 4. The van der Waals surface area contributed by atoms with Gasteiger partial charge in [0, 0.05) is 23.1 Å². The minimum atomic E-state index is -0.322. The molecule has 0 saturated heterocycles. The first-order valence-corrected chi connectivity index (χ1v) is 7.55. The van der Waals surface area contributed by atoms with Crippen LogP contribution in [0.25, 0.3) is 5.76 Å². The molecule has 0 fully saturated rings. The number of hydrogen-bond acceptors (Lipinski definition) is 7. The van der Waals surface area contributed by atoms with Gasteiger partial charge in [0.2, 0.25) is 5.82 Å². The summed E-state index contributed by atoms with van der Waals surface area (Å²) in [6.07, 6.45) is 1.81. The molecule has 116 valence electrons. The van der Waals surface area contributed by atoms with Crippen molar-refractivity contribution in [1.29, 1.82) is 0 Å². The van der Waals surface area contributed by atoms with E-state index >= 15 is 0 Å². The minimum Gasteiger partial charge on any atom is -0.504 e. The number of tetrazole rings is 1. The summed E-state index contributed by atoms with van der Waals surface area (Å²) in [7, 11) is 0.